The molecule has 12 nitrogen and oxygen atoms in total. The first-order valence-electron chi connectivity index (χ1n) is 7.69. The number of aliphatic carboxylic acids is 2. The number of carboxylic acid groups (broad SMARTS) is 2. The van der Waals surface area contributed by atoms with E-state index in [1.165, 1.54) is 12.4 Å². The number of carbonyl (C=O) groups excluding carboxylic acids is 2. The van der Waals surface area contributed by atoms with Crippen molar-refractivity contribution in [2.45, 2.75) is 12.8 Å². The molecule has 0 saturated carbocycles. The molecule has 1 aromatic heterocycles. The van der Waals surface area contributed by atoms with E-state index in [0.717, 1.165) is 0 Å². The van der Waals surface area contributed by atoms with E-state index < -0.39 is 48.0 Å². The molecule has 0 amide bonds. The monoisotopic (exact) mass is 384 g/mol. The van der Waals surface area contributed by atoms with Crippen LogP contribution in [0.1, 0.15) is 33.8 Å². The summed E-state index contributed by atoms with van der Waals surface area (Å²) in [5.74, 6) is -4.65. The lowest BCUT2D eigenvalue weighted by Crippen LogP contribution is -2.28. The third-order valence-corrected chi connectivity index (χ3v) is 3.80. The number of rotatable bonds is 8. The molecule has 0 aromatic carbocycles. The predicted molar refractivity (Wildman–Crippen MR) is 95.1 cm³/mol. The molecular weight excluding hydrogens is 372 g/mol. The van der Waals surface area contributed by atoms with Crippen LogP contribution >= 0.6 is 0 Å². The van der Waals surface area contributed by atoms with Gasteiger partial charge in [0.2, 0.25) is 11.6 Å². The maximum absolute atomic E-state index is 12.5. The lowest BCUT2D eigenvalue weighted by atomic mass is 9.97. The first-order chi connectivity index (χ1) is 13.2. The minimum Gasteiger partial charge on any atom is -0.481 e. The maximum atomic E-state index is 12.5. The standard InChI is InChI=1S/C16H12N6O6/c17-15-11(13(27)9-5(3-19-9)1-7(23)24)21-16(18)12(22-15)14(28)10-6(4-20-10)2-8(25)26/h3-4H,1-2H2,(H2,18,21)(H2,17,22)(H,23,24)(H,25,26). The number of anilines is 2. The van der Waals surface area contributed by atoms with E-state index in [1.54, 1.807) is 0 Å². The van der Waals surface area contributed by atoms with Crippen molar-refractivity contribution in [1.29, 1.82) is 0 Å². The average molecular weight is 384 g/mol. The minimum atomic E-state index is -1.14. The number of nitrogens with zero attached hydrogens (tertiary/aromatic N) is 4. The Morgan fingerprint density at radius 1 is 0.750 bits per heavy atom. The number of ketones is 2. The van der Waals surface area contributed by atoms with Gasteiger partial charge in [-0.1, -0.05) is 0 Å². The quantitative estimate of drug-likeness (QED) is 0.427. The van der Waals surface area contributed by atoms with Crippen LogP contribution in [0.4, 0.5) is 11.6 Å². The number of Topliss-reactive ketones (excluding diaryl/α,β-unsaturated/α-hetero) is 2. The predicted octanol–water partition coefficient (Wildman–Crippen LogP) is -0.367. The highest BCUT2D eigenvalue weighted by Crippen LogP contribution is 2.23. The minimum absolute atomic E-state index is 0.128. The number of hydrogen-bond donors (Lipinski definition) is 4. The summed E-state index contributed by atoms with van der Waals surface area (Å²) in [5.41, 5.74) is 10.8. The van der Waals surface area contributed by atoms with Gasteiger partial charge in [-0.2, -0.15) is 0 Å². The van der Waals surface area contributed by atoms with Gasteiger partial charge in [0.05, 0.1) is 12.8 Å². The number of carbonyl (C=O) groups is 4. The zero-order valence-corrected chi connectivity index (χ0v) is 14.0. The van der Waals surface area contributed by atoms with Gasteiger partial charge in [-0.05, 0) is 0 Å². The van der Waals surface area contributed by atoms with Gasteiger partial charge < -0.3 is 21.7 Å². The van der Waals surface area contributed by atoms with E-state index in [9.17, 15) is 19.2 Å². The normalized spacial score (nSPS) is 14.6. The van der Waals surface area contributed by atoms with Gasteiger partial charge in [0.1, 0.15) is 11.4 Å². The molecule has 3 heterocycles. The number of aromatic nitrogens is 2. The van der Waals surface area contributed by atoms with Crippen LogP contribution in [0.25, 0.3) is 0 Å². The van der Waals surface area contributed by atoms with E-state index in [4.69, 9.17) is 21.7 Å². The Morgan fingerprint density at radius 2 is 1.11 bits per heavy atom. The number of carboxylic acids is 2. The Hall–Kier alpha value is -4.22. The summed E-state index contributed by atoms with van der Waals surface area (Å²) in [6, 6.07) is 0. The topological polar surface area (TPSA) is 211 Å². The molecule has 0 atom stereocenters. The lowest BCUT2D eigenvalue weighted by molar-refractivity contribution is -0.137. The largest absolute Gasteiger partial charge is 0.481 e. The van der Waals surface area contributed by atoms with Crippen LogP contribution in [0.15, 0.2) is 33.5 Å². The van der Waals surface area contributed by atoms with Crippen molar-refractivity contribution in [3.05, 3.63) is 34.9 Å². The van der Waals surface area contributed by atoms with Crippen LogP contribution < -0.4 is 11.5 Å². The lowest BCUT2D eigenvalue weighted by Gasteiger charge is -2.16. The summed E-state index contributed by atoms with van der Waals surface area (Å²) in [4.78, 5) is 61.5. The SMILES string of the molecule is Nc1nc(C(=O)C2=NC=C2CC(=O)O)c(N)nc1C(=O)C1=NC=C1CC(=O)O. The highest BCUT2D eigenvalue weighted by molar-refractivity contribution is 6.55. The van der Waals surface area contributed by atoms with Crippen molar-refractivity contribution < 1.29 is 29.4 Å². The van der Waals surface area contributed by atoms with Gasteiger partial charge in [-0.25, -0.2) is 9.97 Å². The molecule has 28 heavy (non-hydrogen) atoms. The maximum Gasteiger partial charge on any atom is 0.307 e. The second kappa shape index (κ2) is 6.83. The molecule has 0 radical (unpaired) electrons. The van der Waals surface area contributed by atoms with Crippen LogP contribution in [0, 0.1) is 0 Å². The fraction of sp³-hybridized carbons (Fsp3) is 0.125. The summed E-state index contributed by atoms with van der Waals surface area (Å²) in [6.45, 7) is 0. The number of aliphatic imine (C=N–C) groups is 2. The first-order valence-corrected chi connectivity index (χ1v) is 7.69. The number of nitrogen functional groups attached to an aromatic ring is 2. The smallest absolute Gasteiger partial charge is 0.307 e. The van der Waals surface area contributed by atoms with Crippen LogP contribution in [-0.4, -0.2) is 55.1 Å². The van der Waals surface area contributed by atoms with E-state index in [2.05, 4.69) is 20.0 Å². The van der Waals surface area contributed by atoms with E-state index >= 15 is 0 Å². The molecule has 3 rings (SSSR count). The Morgan fingerprint density at radius 3 is 1.36 bits per heavy atom. The zero-order chi connectivity index (χ0) is 20.6. The van der Waals surface area contributed by atoms with Crippen molar-refractivity contribution in [3.8, 4) is 0 Å². The van der Waals surface area contributed by atoms with Crippen LogP contribution in [0.3, 0.4) is 0 Å². The summed E-state index contributed by atoms with van der Waals surface area (Å²) in [6.07, 6.45) is 1.67. The molecule has 0 saturated heterocycles. The van der Waals surface area contributed by atoms with E-state index in [-0.39, 0.29) is 34.0 Å². The molecule has 2 aliphatic rings. The second-order valence-corrected chi connectivity index (χ2v) is 5.75. The molecule has 0 unspecified atom stereocenters. The van der Waals surface area contributed by atoms with Gasteiger partial charge >= 0.3 is 11.9 Å². The van der Waals surface area contributed by atoms with Crippen molar-refractivity contribution >= 4 is 46.6 Å². The molecule has 6 N–H and O–H groups in total. The van der Waals surface area contributed by atoms with Crippen molar-refractivity contribution in [3.63, 3.8) is 0 Å². The second-order valence-electron chi connectivity index (χ2n) is 5.75. The summed E-state index contributed by atoms with van der Waals surface area (Å²) in [5, 5.41) is 17.6. The summed E-state index contributed by atoms with van der Waals surface area (Å²) >= 11 is 0. The Kier molecular flexibility index (Phi) is 4.53. The average Bonchev–Trinajstić information content (AvgIpc) is 2.56. The third kappa shape index (κ3) is 3.25. The van der Waals surface area contributed by atoms with Gasteiger partial charge in [0, 0.05) is 23.5 Å². The van der Waals surface area contributed by atoms with Crippen molar-refractivity contribution in [2.24, 2.45) is 9.98 Å². The molecular formula is C16H12N6O6. The van der Waals surface area contributed by atoms with E-state index in [0.29, 0.717) is 0 Å². The highest BCUT2D eigenvalue weighted by Gasteiger charge is 2.31. The number of nitrogens with two attached hydrogens (primary N) is 2. The number of hydrogen-bond acceptors (Lipinski definition) is 10. The highest BCUT2D eigenvalue weighted by atomic mass is 16.4. The van der Waals surface area contributed by atoms with E-state index in [1.807, 2.05) is 0 Å². The first kappa shape index (κ1) is 18.6. The molecule has 0 fully saturated rings. The Bertz CT molecular complexity index is 996. The van der Waals surface area contributed by atoms with Crippen LogP contribution in [-0.2, 0) is 9.59 Å². The van der Waals surface area contributed by atoms with Crippen molar-refractivity contribution in [2.75, 3.05) is 11.5 Å². The Labute approximate surface area is 156 Å². The fourth-order valence-electron chi connectivity index (χ4n) is 2.45. The molecule has 12 heteroatoms. The summed E-state index contributed by atoms with van der Waals surface area (Å²) < 4.78 is 0. The van der Waals surface area contributed by atoms with Gasteiger partial charge in [0.25, 0.3) is 0 Å². The molecule has 0 spiro atoms. The fourth-order valence-corrected chi connectivity index (χ4v) is 2.45. The van der Waals surface area contributed by atoms with Gasteiger partial charge in [-0.3, -0.25) is 29.2 Å². The molecule has 0 bridgehead atoms. The molecule has 1 aromatic rings. The molecule has 142 valence electrons. The zero-order valence-electron chi connectivity index (χ0n) is 14.0. The van der Waals surface area contributed by atoms with Crippen molar-refractivity contribution in [1.82, 2.24) is 9.97 Å². The summed E-state index contributed by atoms with van der Waals surface area (Å²) in [7, 11) is 0. The molecule has 2 aliphatic heterocycles. The van der Waals surface area contributed by atoms with Crippen LogP contribution in [0.5, 0.6) is 0 Å². The Balaban J connectivity index is 1.82. The van der Waals surface area contributed by atoms with Gasteiger partial charge in [-0.15, -0.1) is 0 Å². The van der Waals surface area contributed by atoms with Gasteiger partial charge in [0.15, 0.2) is 23.0 Å². The van der Waals surface area contributed by atoms with Crippen LogP contribution in [0.2, 0.25) is 0 Å². The molecule has 0 aliphatic carbocycles. The third-order valence-electron chi connectivity index (χ3n) is 3.80.